The molecule has 0 fully saturated rings. The molecule has 18 heavy (non-hydrogen) atoms. The van der Waals surface area contributed by atoms with E-state index in [9.17, 15) is 0 Å². The van der Waals surface area contributed by atoms with Crippen LogP contribution in [0.5, 0.6) is 0 Å². The molecule has 0 radical (unpaired) electrons. The predicted octanol–water partition coefficient (Wildman–Crippen LogP) is 2.77. The highest BCUT2D eigenvalue weighted by Gasteiger charge is 2.04. The maximum absolute atomic E-state index is 4.19. The molecular formula is C14H19N3S. The summed E-state index contributed by atoms with van der Waals surface area (Å²) in [4.78, 5) is 3.62. The lowest BCUT2D eigenvalue weighted by molar-refractivity contribution is 0.319. The van der Waals surface area contributed by atoms with Crippen LogP contribution in [-0.2, 0) is 20.1 Å². The normalized spacial score (nSPS) is 11.1. The molecule has 0 aliphatic rings. The second-order valence-electron chi connectivity index (χ2n) is 4.55. The van der Waals surface area contributed by atoms with Gasteiger partial charge in [-0.15, -0.1) is 11.8 Å². The molecule has 0 atom stereocenters. The third-order valence-electron chi connectivity index (χ3n) is 2.80. The summed E-state index contributed by atoms with van der Waals surface area (Å²) < 4.78 is 1.84. The molecule has 0 unspecified atom stereocenters. The van der Waals surface area contributed by atoms with Gasteiger partial charge in [-0.25, -0.2) is 0 Å². The van der Waals surface area contributed by atoms with Gasteiger partial charge in [-0.2, -0.15) is 5.10 Å². The molecule has 1 aromatic carbocycles. The van der Waals surface area contributed by atoms with Gasteiger partial charge in [0.15, 0.2) is 0 Å². The molecular weight excluding hydrogens is 242 g/mol. The van der Waals surface area contributed by atoms with Gasteiger partial charge >= 0.3 is 0 Å². The van der Waals surface area contributed by atoms with Crippen molar-refractivity contribution in [2.45, 2.75) is 18.0 Å². The van der Waals surface area contributed by atoms with Crippen molar-refractivity contribution in [3.05, 3.63) is 47.8 Å². The molecule has 0 aliphatic heterocycles. The minimum atomic E-state index is 0.928. The number of benzene rings is 1. The van der Waals surface area contributed by atoms with E-state index in [1.807, 2.05) is 17.9 Å². The molecule has 0 bridgehead atoms. The molecule has 1 heterocycles. The van der Waals surface area contributed by atoms with Crippen LogP contribution in [0, 0.1) is 0 Å². The van der Waals surface area contributed by atoms with Crippen LogP contribution < -0.4 is 0 Å². The molecule has 4 heteroatoms. The average Bonchev–Trinajstić information content (AvgIpc) is 2.74. The summed E-state index contributed by atoms with van der Waals surface area (Å²) in [5.41, 5.74) is 2.61. The highest BCUT2D eigenvalue weighted by Crippen LogP contribution is 2.17. The summed E-state index contributed by atoms with van der Waals surface area (Å²) in [6.45, 7) is 1.89. The first-order valence-electron chi connectivity index (χ1n) is 5.96. The standard InChI is InChI=1S/C14H19N3S/c1-16(10-13-8-15-17(2)11-13)9-12-5-4-6-14(7-12)18-3/h4-8,11H,9-10H2,1-3H3. The van der Waals surface area contributed by atoms with E-state index >= 15 is 0 Å². The minimum absolute atomic E-state index is 0.928. The monoisotopic (exact) mass is 261 g/mol. The van der Waals surface area contributed by atoms with Crippen LogP contribution in [0.3, 0.4) is 0 Å². The van der Waals surface area contributed by atoms with Crippen LogP contribution >= 0.6 is 11.8 Å². The highest BCUT2D eigenvalue weighted by molar-refractivity contribution is 7.98. The lowest BCUT2D eigenvalue weighted by atomic mass is 10.2. The van der Waals surface area contributed by atoms with E-state index in [2.05, 4.69) is 53.8 Å². The molecule has 2 aromatic rings. The van der Waals surface area contributed by atoms with Crippen LogP contribution in [0.15, 0.2) is 41.6 Å². The zero-order chi connectivity index (χ0) is 13.0. The van der Waals surface area contributed by atoms with Gasteiger partial charge in [0.25, 0.3) is 0 Å². The first-order valence-corrected chi connectivity index (χ1v) is 7.19. The number of nitrogens with zero attached hydrogens (tertiary/aromatic N) is 3. The van der Waals surface area contributed by atoms with E-state index in [0.717, 1.165) is 13.1 Å². The summed E-state index contributed by atoms with van der Waals surface area (Å²) in [5.74, 6) is 0. The summed E-state index contributed by atoms with van der Waals surface area (Å²) in [7, 11) is 4.09. The van der Waals surface area contributed by atoms with E-state index < -0.39 is 0 Å². The number of thioether (sulfide) groups is 1. The Morgan fingerprint density at radius 1 is 1.28 bits per heavy atom. The Morgan fingerprint density at radius 2 is 2.06 bits per heavy atom. The summed E-state index contributed by atoms with van der Waals surface area (Å²) >= 11 is 1.79. The summed E-state index contributed by atoms with van der Waals surface area (Å²) in [5, 5.41) is 4.19. The van der Waals surface area contributed by atoms with E-state index in [4.69, 9.17) is 0 Å². The fourth-order valence-corrected chi connectivity index (χ4v) is 2.49. The van der Waals surface area contributed by atoms with Gasteiger partial charge in [0.05, 0.1) is 6.20 Å². The summed E-state index contributed by atoms with van der Waals surface area (Å²) in [6, 6.07) is 8.71. The Kier molecular flexibility index (Phi) is 4.44. The van der Waals surface area contributed by atoms with Crippen LogP contribution in [0.4, 0.5) is 0 Å². The van der Waals surface area contributed by atoms with Crippen molar-refractivity contribution in [2.75, 3.05) is 13.3 Å². The van der Waals surface area contributed by atoms with E-state index in [1.54, 1.807) is 11.8 Å². The van der Waals surface area contributed by atoms with Crippen LogP contribution in [-0.4, -0.2) is 28.0 Å². The number of hydrogen-bond acceptors (Lipinski definition) is 3. The van der Waals surface area contributed by atoms with Gasteiger partial charge < -0.3 is 0 Å². The second-order valence-corrected chi connectivity index (χ2v) is 5.43. The molecule has 3 nitrogen and oxygen atoms in total. The van der Waals surface area contributed by atoms with Crippen molar-refractivity contribution in [3.63, 3.8) is 0 Å². The van der Waals surface area contributed by atoms with E-state index in [1.165, 1.54) is 16.0 Å². The van der Waals surface area contributed by atoms with Gasteiger partial charge in [-0.1, -0.05) is 12.1 Å². The molecule has 1 aromatic heterocycles. The van der Waals surface area contributed by atoms with Crippen LogP contribution in [0.2, 0.25) is 0 Å². The molecule has 2 rings (SSSR count). The van der Waals surface area contributed by atoms with Gasteiger partial charge in [-0.05, 0) is 31.0 Å². The smallest absolute Gasteiger partial charge is 0.0534 e. The maximum atomic E-state index is 4.19. The third-order valence-corrected chi connectivity index (χ3v) is 3.52. The number of hydrogen-bond donors (Lipinski definition) is 0. The zero-order valence-electron chi connectivity index (χ0n) is 11.1. The molecule has 0 spiro atoms. The van der Waals surface area contributed by atoms with E-state index in [-0.39, 0.29) is 0 Å². The van der Waals surface area contributed by atoms with Crippen molar-refractivity contribution in [1.82, 2.24) is 14.7 Å². The number of aromatic nitrogens is 2. The molecule has 0 N–H and O–H groups in total. The first kappa shape index (κ1) is 13.2. The number of aryl methyl sites for hydroxylation is 1. The highest BCUT2D eigenvalue weighted by atomic mass is 32.2. The van der Waals surface area contributed by atoms with Gasteiger partial charge in [0.1, 0.15) is 0 Å². The minimum Gasteiger partial charge on any atom is -0.298 e. The Labute approximate surface area is 113 Å². The topological polar surface area (TPSA) is 21.1 Å². The van der Waals surface area contributed by atoms with Gasteiger partial charge in [0, 0.05) is 36.8 Å². The number of rotatable bonds is 5. The quantitative estimate of drug-likeness (QED) is 0.772. The van der Waals surface area contributed by atoms with Crippen LogP contribution in [0.1, 0.15) is 11.1 Å². The predicted molar refractivity (Wildman–Crippen MR) is 76.6 cm³/mol. The second kappa shape index (κ2) is 6.07. The lowest BCUT2D eigenvalue weighted by Crippen LogP contribution is -2.16. The first-order chi connectivity index (χ1) is 8.67. The maximum Gasteiger partial charge on any atom is 0.0534 e. The van der Waals surface area contributed by atoms with Crippen LogP contribution in [0.25, 0.3) is 0 Å². The fraction of sp³-hybridized carbons (Fsp3) is 0.357. The van der Waals surface area contributed by atoms with Crippen molar-refractivity contribution in [3.8, 4) is 0 Å². The van der Waals surface area contributed by atoms with E-state index in [0.29, 0.717) is 0 Å². The Balaban J connectivity index is 1.96. The molecule has 96 valence electrons. The fourth-order valence-electron chi connectivity index (χ4n) is 2.00. The van der Waals surface area contributed by atoms with Crippen molar-refractivity contribution >= 4 is 11.8 Å². The van der Waals surface area contributed by atoms with Crippen molar-refractivity contribution < 1.29 is 0 Å². The Morgan fingerprint density at radius 3 is 2.72 bits per heavy atom. The molecule has 0 saturated carbocycles. The Bertz CT molecular complexity index is 507. The molecule has 0 amide bonds. The van der Waals surface area contributed by atoms with Gasteiger partial charge in [0.2, 0.25) is 0 Å². The SMILES string of the molecule is CSc1cccc(CN(C)Cc2cnn(C)c2)c1. The largest absolute Gasteiger partial charge is 0.298 e. The summed E-state index contributed by atoms with van der Waals surface area (Å²) in [6.07, 6.45) is 6.10. The van der Waals surface area contributed by atoms with Crippen molar-refractivity contribution in [1.29, 1.82) is 0 Å². The van der Waals surface area contributed by atoms with Gasteiger partial charge in [-0.3, -0.25) is 9.58 Å². The Hall–Kier alpha value is -1.26. The third kappa shape index (κ3) is 3.62. The average molecular weight is 261 g/mol. The zero-order valence-corrected chi connectivity index (χ0v) is 11.9. The molecule has 0 saturated heterocycles. The molecule has 0 aliphatic carbocycles. The van der Waals surface area contributed by atoms with Crippen molar-refractivity contribution in [2.24, 2.45) is 7.05 Å². The lowest BCUT2D eigenvalue weighted by Gasteiger charge is -2.16.